The van der Waals surface area contributed by atoms with Gasteiger partial charge in [-0.25, -0.2) is 29.9 Å². The van der Waals surface area contributed by atoms with Gasteiger partial charge in [0.15, 0.2) is 34.9 Å². The number of para-hydroxylation sites is 2. The standard InChI is InChI=1S/2C42H30N4/c1-42(2)35-22-11-9-20-31(35)33-25-34-32-21-10-12-23-37(32)46(38(34)26-36(33)42)30-19-13-18-29(24-30)41-44-39(27-14-5-3-6-15-27)43-40(45-41)28-16-7-4-8-17-28;1-42(2)35-19-11-9-17-31(35)33-25-34-32-18-10-12-20-37(32)46(38(34)26-36(33)42)30-23-21-29(22-24-30)41-44-39(27-13-5-3-6-14-27)43-40(45-41)28-15-7-4-8-16-28/h2*3-26H,1-2H3. The molecule has 18 rings (SSSR count). The molecule has 0 radical (unpaired) electrons. The summed E-state index contributed by atoms with van der Waals surface area (Å²) in [6, 6.07) is 102. The molecule has 16 aromatic rings. The maximum absolute atomic E-state index is 5.00. The summed E-state index contributed by atoms with van der Waals surface area (Å²) in [7, 11) is 0. The van der Waals surface area contributed by atoms with E-state index in [4.69, 9.17) is 29.9 Å². The lowest BCUT2D eigenvalue weighted by molar-refractivity contribution is 0.661. The molecule has 2 aliphatic carbocycles. The van der Waals surface area contributed by atoms with Crippen molar-refractivity contribution in [1.82, 2.24) is 39.0 Å². The van der Waals surface area contributed by atoms with Crippen LogP contribution in [0.25, 0.3) is 146 Å². The summed E-state index contributed by atoms with van der Waals surface area (Å²) in [6.07, 6.45) is 0. The second-order valence-electron chi connectivity index (χ2n) is 25.0. The Morgan fingerprint density at radius 3 is 0.957 bits per heavy atom. The second-order valence-corrected chi connectivity index (χ2v) is 25.0. The van der Waals surface area contributed by atoms with Crippen LogP contribution in [-0.4, -0.2) is 39.0 Å². The molecule has 0 fully saturated rings. The van der Waals surface area contributed by atoms with E-state index in [9.17, 15) is 0 Å². The van der Waals surface area contributed by atoms with E-state index in [2.05, 4.69) is 207 Å². The molecule has 0 amide bonds. The van der Waals surface area contributed by atoms with Crippen LogP contribution in [0.5, 0.6) is 0 Å². The van der Waals surface area contributed by atoms with E-state index in [1.807, 2.05) is 121 Å². The molecule has 436 valence electrons. The number of hydrogen-bond acceptors (Lipinski definition) is 6. The largest absolute Gasteiger partial charge is 0.309 e. The molecule has 4 heterocycles. The van der Waals surface area contributed by atoms with Crippen molar-refractivity contribution in [3.8, 4) is 102 Å². The topological polar surface area (TPSA) is 87.2 Å². The minimum Gasteiger partial charge on any atom is -0.309 e. The number of benzene rings is 12. The van der Waals surface area contributed by atoms with Crippen molar-refractivity contribution in [3.63, 3.8) is 0 Å². The first-order chi connectivity index (χ1) is 45.1. The van der Waals surface area contributed by atoms with Crippen LogP contribution in [0.2, 0.25) is 0 Å². The predicted octanol–water partition coefficient (Wildman–Crippen LogP) is 20.6. The van der Waals surface area contributed by atoms with Gasteiger partial charge in [-0.15, -0.1) is 0 Å². The zero-order valence-electron chi connectivity index (χ0n) is 51.3. The summed E-state index contributed by atoms with van der Waals surface area (Å²) >= 11 is 0. The Morgan fingerprint density at radius 1 is 0.217 bits per heavy atom. The Morgan fingerprint density at radius 2 is 0.543 bits per heavy atom. The maximum Gasteiger partial charge on any atom is 0.164 e. The Bertz CT molecular complexity index is 5440. The summed E-state index contributed by atoms with van der Waals surface area (Å²) in [5.41, 5.74) is 23.4. The van der Waals surface area contributed by atoms with Gasteiger partial charge in [0.25, 0.3) is 0 Å². The predicted molar refractivity (Wildman–Crippen MR) is 376 cm³/mol. The van der Waals surface area contributed by atoms with Crippen molar-refractivity contribution in [2.24, 2.45) is 0 Å². The summed E-state index contributed by atoms with van der Waals surface area (Å²) in [5, 5.41) is 5.02. The highest BCUT2D eigenvalue weighted by Crippen LogP contribution is 2.53. The van der Waals surface area contributed by atoms with E-state index in [-0.39, 0.29) is 10.8 Å². The van der Waals surface area contributed by atoms with Gasteiger partial charge in [0.2, 0.25) is 0 Å². The normalized spacial score (nSPS) is 13.2. The summed E-state index contributed by atoms with van der Waals surface area (Å²) in [4.78, 5) is 29.6. The van der Waals surface area contributed by atoms with Crippen molar-refractivity contribution in [1.29, 1.82) is 0 Å². The first-order valence-electron chi connectivity index (χ1n) is 31.4. The fraction of sp³-hybridized carbons (Fsp3) is 0.0714. The smallest absolute Gasteiger partial charge is 0.164 e. The minimum atomic E-state index is -0.0875. The van der Waals surface area contributed by atoms with Crippen LogP contribution in [-0.2, 0) is 10.8 Å². The summed E-state index contributed by atoms with van der Waals surface area (Å²) in [6.45, 7) is 9.36. The van der Waals surface area contributed by atoms with Crippen molar-refractivity contribution in [3.05, 3.63) is 313 Å². The fourth-order valence-electron chi connectivity index (χ4n) is 14.3. The molecule has 2 aliphatic rings. The molecule has 0 spiro atoms. The van der Waals surface area contributed by atoms with E-state index in [0.717, 1.165) is 44.8 Å². The molecular weight excluding hydrogens is 1120 g/mol. The van der Waals surface area contributed by atoms with Gasteiger partial charge in [-0.3, -0.25) is 0 Å². The average molecular weight is 1180 g/mol. The van der Waals surface area contributed by atoms with E-state index in [1.165, 1.54) is 88.1 Å². The number of rotatable bonds is 8. The Balaban J connectivity index is 0.000000141. The monoisotopic (exact) mass is 1180 g/mol. The zero-order valence-corrected chi connectivity index (χ0v) is 51.3. The van der Waals surface area contributed by atoms with Crippen LogP contribution in [0.15, 0.2) is 291 Å². The SMILES string of the molecule is CC1(C)c2ccccc2-c2cc3c4ccccc4n(-c4ccc(-c5nc(-c6ccccc6)nc(-c6ccccc6)n5)cc4)c3cc21.CC1(C)c2ccccc2-c2cc3c4ccccc4n(-c4cccc(-c5nc(-c6ccccc6)nc(-c6ccccc6)n5)c4)c3cc21. The molecule has 0 saturated heterocycles. The molecule has 0 atom stereocenters. The fourth-order valence-corrected chi connectivity index (χ4v) is 14.3. The highest BCUT2D eigenvalue weighted by atomic mass is 15.0. The third-order valence-corrected chi connectivity index (χ3v) is 18.9. The van der Waals surface area contributed by atoms with Crippen LogP contribution in [0.4, 0.5) is 0 Å². The third-order valence-electron chi connectivity index (χ3n) is 18.9. The molecule has 4 aromatic heterocycles. The van der Waals surface area contributed by atoms with Gasteiger partial charge >= 0.3 is 0 Å². The second kappa shape index (κ2) is 21.5. The van der Waals surface area contributed by atoms with Crippen molar-refractivity contribution >= 4 is 43.6 Å². The molecule has 92 heavy (non-hydrogen) atoms. The molecule has 0 unspecified atom stereocenters. The molecule has 12 aromatic carbocycles. The number of fused-ring (bicyclic) bond motifs is 12. The molecule has 8 heteroatoms. The van der Waals surface area contributed by atoms with E-state index in [1.54, 1.807) is 0 Å². The Hall–Kier alpha value is -11.7. The highest BCUT2D eigenvalue weighted by molar-refractivity contribution is 6.13. The molecule has 0 N–H and O–H groups in total. The lowest BCUT2D eigenvalue weighted by Crippen LogP contribution is -2.15. The number of aromatic nitrogens is 8. The van der Waals surface area contributed by atoms with Crippen LogP contribution in [0, 0.1) is 0 Å². The quantitative estimate of drug-likeness (QED) is 0.151. The van der Waals surface area contributed by atoms with Crippen LogP contribution in [0.1, 0.15) is 49.9 Å². The van der Waals surface area contributed by atoms with Gasteiger partial charge in [-0.05, 0) is 117 Å². The maximum atomic E-state index is 5.00. The van der Waals surface area contributed by atoms with Crippen LogP contribution < -0.4 is 0 Å². The molecule has 0 aliphatic heterocycles. The van der Waals surface area contributed by atoms with Gasteiger partial charge in [-0.1, -0.05) is 246 Å². The van der Waals surface area contributed by atoms with Crippen molar-refractivity contribution < 1.29 is 0 Å². The van der Waals surface area contributed by atoms with Gasteiger partial charge in [0.1, 0.15) is 0 Å². The molecule has 0 saturated carbocycles. The molecule has 0 bridgehead atoms. The van der Waals surface area contributed by atoms with Crippen molar-refractivity contribution in [2.75, 3.05) is 0 Å². The average Bonchev–Trinajstić information content (AvgIpc) is 1.56. The first kappa shape index (κ1) is 54.4. The van der Waals surface area contributed by atoms with Gasteiger partial charge < -0.3 is 9.13 Å². The van der Waals surface area contributed by atoms with Gasteiger partial charge in [-0.2, -0.15) is 0 Å². The number of nitrogens with zero attached hydrogens (tertiary/aromatic N) is 8. The lowest BCUT2D eigenvalue weighted by Gasteiger charge is -2.21. The molecule has 8 nitrogen and oxygen atoms in total. The molecular formula is C84H60N8. The Labute approximate surface area is 533 Å². The summed E-state index contributed by atoms with van der Waals surface area (Å²) < 4.78 is 4.79. The first-order valence-corrected chi connectivity index (χ1v) is 31.4. The lowest BCUT2D eigenvalue weighted by atomic mass is 9.82. The minimum absolute atomic E-state index is 0.0726. The highest BCUT2D eigenvalue weighted by Gasteiger charge is 2.38. The van der Waals surface area contributed by atoms with E-state index < -0.39 is 0 Å². The van der Waals surface area contributed by atoms with Crippen LogP contribution >= 0.6 is 0 Å². The van der Waals surface area contributed by atoms with Crippen molar-refractivity contribution in [2.45, 2.75) is 38.5 Å². The van der Waals surface area contributed by atoms with Gasteiger partial charge in [0.05, 0.1) is 22.1 Å². The number of hydrogen-bond donors (Lipinski definition) is 0. The zero-order chi connectivity index (χ0) is 61.7. The van der Waals surface area contributed by atoms with Gasteiger partial charge in [0, 0.05) is 77.1 Å². The van der Waals surface area contributed by atoms with E-state index >= 15 is 0 Å². The Kier molecular flexibility index (Phi) is 12.7. The summed E-state index contributed by atoms with van der Waals surface area (Å²) in [5.74, 6) is 3.93. The van der Waals surface area contributed by atoms with E-state index in [0.29, 0.717) is 34.9 Å². The third kappa shape index (κ3) is 8.97. The van der Waals surface area contributed by atoms with Crippen LogP contribution in [0.3, 0.4) is 0 Å².